The molecule has 108 valence electrons. The summed E-state index contributed by atoms with van der Waals surface area (Å²) in [6.07, 6.45) is 5.39. The van der Waals surface area contributed by atoms with Crippen LogP contribution in [0.15, 0.2) is 12.3 Å². The predicted molar refractivity (Wildman–Crippen MR) is 79.3 cm³/mol. The first-order valence-corrected chi connectivity index (χ1v) is 7.50. The van der Waals surface area contributed by atoms with Crippen molar-refractivity contribution < 1.29 is 0 Å². The second-order valence-electron chi connectivity index (χ2n) is 6.15. The van der Waals surface area contributed by atoms with Crippen molar-refractivity contribution in [3.63, 3.8) is 0 Å². The van der Waals surface area contributed by atoms with Crippen molar-refractivity contribution in [2.75, 3.05) is 19.6 Å². The third-order valence-corrected chi connectivity index (χ3v) is 4.65. The minimum absolute atomic E-state index is 0.261. The average molecular weight is 264 g/mol. The van der Waals surface area contributed by atoms with Gasteiger partial charge in [-0.05, 0) is 39.3 Å². The summed E-state index contributed by atoms with van der Waals surface area (Å²) in [5.41, 5.74) is 1.58. The van der Waals surface area contributed by atoms with E-state index >= 15 is 0 Å². The number of aryl methyl sites for hydroxylation is 1. The van der Waals surface area contributed by atoms with Crippen LogP contribution in [0.5, 0.6) is 0 Å². The molecule has 0 aromatic carbocycles. The molecule has 1 aliphatic rings. The molecule has 0 radical (unpaired) electrons. The Morgan fingerprint density at radius 1 is 1.53 bits per heavy atom. The summed E-state index contributed by atoms with van der Waals surface area (Å²) in [5, 5.41) is 7.96. The van der Waals surface area contributed by atoms with E-state index < -0.39 is 0 Å². The van der Waals surface area contributed by atoms with E-state index in [1.807, 2.05) is 17.9 Å². The fraction of sp³-hybridized carbons (Fsp3) is 0.800. The van der Waals surface area contributed by atoms with E-state index in [1.54, 1.807) is 0 Å². The van der Waals surface area contributed by atoms with Gasteiger partial charge in [-0.1, -0.05) is 6.92 Å². The first-order chi connectivity index (χ1) is 9.04. The Labute approximate surface area is 117 Å². The topological polar surface area (TPSA) is 33.1 Å². The van der Waals surface area contributed by atoms with Gasteiger partial charge in [0.25, 0.3) is 0 Å². The number of aromatic nitrogens is 2. The highest BCUT2D eigenvalue weighted by molar-refractivity contribution is 5.01. The molecule has 0 spiro atoms. The van der Waals surface area contributed by atoms with Gasteiger partial charge in [0.05, 0.1) is 0 Å². The summed E-state index contributed by atoms with van der Waals surface area (Å²) < 4.78 is 1.99. The van der Waals surface area contributed by atoms with Gasteiger partial charge in [0.1, 0.15) is 0 Å². The van der Waals surface area contributed by atoms with Crippen molar-refractivity contribution in [2.24, 2.45) is 7.05 Å². The van der Waals surface area contributed by atoms with Gasteiger partial charge in [0, 0.05) is 50.0 Å². The van der Waals surface area contributed by atoms with Crippen LogP contribution in [-0.4, -0.2) is 45.9 Å². The zero-order chi connectivity index (χ0) is 13.9. The molecule has 0 amide bonds. The van der Waals surface area contributed by atoms with Crippen LogP contribution in [0.3, 0.4) is 0 Å². The number of rotatable bonds is 4. The number of nitrogens with one attached hydrogen (secondary N) is 1. The Kier molecular flexibility index (Phi) is 4.63. The maximum absolute atomic E-state index is 4.25. The Balaban J connectivity index is 1.98. The van der Waals surface area contributed by atoms with Gasteiger partial charge < -0.3 is 5.32 Å². The maximum atomic E-state index is 4.25. The van der Waals surface area contributed by atoms with Gasteiger partial charge in [-0.15, -0.1) is 0 Å². The fourth-order valence-electron chi connectivity index (χ4n) is 2.87. The highest BCUT2D eigenvalue weighted by atomic mass is 15.3. The summed E-state index contributed by atoms with van der Waals surface area (Å²) >= 11 is 0. The molecule has 1 aromatic rings. The van der Waals surface area contributed by atoms with Crippen LogP contribution in [0.2, 0.25) is 0 Å². The first-order valence-electron chi connectivity index (χ1n) is 7.50. The van der Waals surface area contributed by atoms with Crippen LogP contribution in [-0.2, 0) is 13.5 Å². The van der Waals surface area contributed by atoms with E-state index in [1.165, 1.54) is 18.5 Å². The highest BCUT2D eigenvalue weighted by Crippen LogP contribution is 2.19. The average Bonchev–Trinajstić information content (AvgIpc) is 2.73. The normalized spacial score (nSPS) is 29.4. The second-order valence-corrected chi connectivity index (χ2v) is 6.15. The second kappa shape index (κ2) is 6.06. The molecular weight excluding hydrogens is 236 g/mol. The zero-order valence-electron chi connectivity index (χ0n) is 12.8. The van der Waals surface area contributed by atoms with Crippen LogP contribution in [0.1, 0.15) is 39.3 Å². The molecule has 19 heavy (non-hydrogen) atoms. The molecule has 0 saturated carbocycles. The van der Waals surface area contributed by atoms with Gasteiger partial charge in [0.15, 0.2) is 0 Å². The van der Waals surface area contributed by atoms with Crippen LogP contribution < -0.4 is 5.32 Å². The summed E-state index contributed by atoms with van der Waals surface area (Å²) in [6, 6.07) is 2.79. The molecule has 2 heterocycles. The molecule has 2 atom stereocenters. The smallest absolute Gasteiger partial charge is 0.0492 e. The Bertz CT molecular complexity index is 401. The summed E-state index contributed by atoms with van der Waals surface area (Å²) in [6.45, 7) is 10.4. The minimum Gasteiger partial charge on any atom is -0.310 e. The minimum atomic E-state index is 0.261. The van der Waals surface area contributed by atoms with Gasteiger partial charge in [0.2, 0.25) is 0 Å². The zero-order valence-corrected chi connectivity index (χ0v) is 12.8. The fourth-order valence-corrected chi connectivity index (χ4v) is 2.87. The lowest BCUT2D eigenvalue weighted by atomic mass is 9.98. The largest absolute Gasteiger partial charge is 0.310 e. The molecule has 2 unspecified atom stereocenters. The summed E-state index contributed by atoms with van der Waals surface area (Å²) in [5.74, 6) is 0. The molecule has 1 fully saturated rings. The molecular formula is C15H28N4. The van der Waals surface area contributed by atoms with Crippen LogP contribution in [0, 0.1) is 0 Å². The lowest BCUT2D eigenvalue weighted by Crippen LogP contribution is -2.49. The van der Waals surface area contributed by atoms with Crippen molar-refractivity contribution in [3.8, 4) is 0 Å². The summed E-state index contributed by atoms with van der Waals surface area (Å²) in [4.78, 5) is 2.64. The van der Waals surface area contributed by atoms with E-state index in [4.69, 9.17) is 0 Å². The molecule has 4 heteroatoms. The Morgan fingerprint density at radius 2 is 2.32 bits per heavy atom. The first kappa shape index (κ1) is 14.5. The molecule has 4 nitrogen and oxygen atoms in total. The lowest BCUT2D eigenvalue weighted by Gasteiger charge is -2.34. The molecule has 0 aliphatic carbocycles. The molecule has 1 N–H and O–H groups in total. The van der Waals surface area contributed by atoms with E-state index in [9.17, 15) is 0 Å². The van der Waals surface area contributed by atoms with Crippen LogP contribution in [0.25, 0.3) is 0 Å². The van der Waals surface area contributed by atoms with Crippen LogP contribution >= 0.6 is 0 Å². The third kappa shape index (κ3) is 3.57. The maximum Gasteiger partial charge on any atom is 0.0492 e. The van der Waals surface area contributed by atoms with Crippen molar-refractivity contribution in [2.45, 2.75) is 51.6 Å². The number of hydrogen-bond acceptors (Lipinski definition) is 3. The molecule has 1 aliphatic heterocycles. The monoisotopic (exact) mass is 264 g/mol. The number of nitrogens with zero attached hydrogens (tertiary/aromatic N) is 3. The molecule has 1 aromatic heterocycles. The molecule has 1 saturated heterocycles. The van der Waals surface area contributed by atoms with Crippen LogP contribution in [0.4, 0.5) is 0 Å². The van der Waals surface area contributed by atoms with E-state index in [0.29, 0.717) is 6.04 Å². The molecule has 0 bridgehead atoms. The lowest BCUT2D eigenvalue weighted by molar-refractivity contribution is 0.172. The highest BCUT2D eigenvalue weighted by Gasteiger charge is 2.29. The molecule has 2 rings (SSSR count). The number of hydrogen-bond donors (Lipinski definition) is 1. The van der Waals surface area contributed by atoms with E-state index in [2.05, 4.69) is 42.2 Å². The van der Waals surface area contributed by atoms with Gasteiger partial charge >= 0.3 is 0 Å². The van der Waals surface area contributed by atoms with Crippen molar-refractivity contribution >= 4 is 0 Å². The predicted octanol–water partition coefficient (Wildman–Crippen LogP) is 1.82. The Hall–Kier alpha value is -0.870. The van der Waals surface area contributed by atoms with Gasteiger partial charge in [-0.25, -0.2) is 0 Å². The Morgan fingerprint density at radius 3 is 2.95 bits per heavy atom. The quantitative estimate of drug-likeness (QED) is 0.900. The van der Waals surface area contributed by atoms with Gasteiger partial charge in [-0.2, -0.15) is 5.10 Å². The van der Waals surface area contributed by atoms with Crippen molar-refractivity contribution in [3.05, 3.63) is 18.0 Å². The summed E-state index contributed by atoms with van der Waals surface area (Å²) in [7, 11) is 2.03. The van der Waals surface area contributed by atoms with Crippen molar-refractivity contribution in [1.29, 1.82) is 0 Å². The SMILES string of the molecule is CCC1(C)CN(CCc2ccnn2C)C(C)CCN1. The van der Waals surface area contributed by atoms with E-state index in [0.717, 1.165) is 26.1 Å². The van der Waals surface area contributed by atoms with Gasteiger partial charge in [-0.3, -0.25) is 9.58 Å². The van der Waals surface area contributed by atoms with E-state index in [-0.39, 0.29) is 5.54 Å². The third-order valence-electron chi connectivity index (χ3n) is 4.65. The standard InChI is InChI=1S/C15H28N4/c1-5-15(3)12-19(13(2)6-9-16-15)11-8-14-7-10-17-18(14)4/h7,10,13,16H,5-6,8-9,11-12H2,1-4H3. The van der Waals surface area contributed by atoms with Crippen molar-refractivity contribution in [1.82, 2.24) is 20.0 Å².